The lowest BCUT2D eigenvalue weighted by Gasteiger charge is -2.06. The lowest BCUT2D eigenvalue weighted by Crippen LogP contribution is -1.90. The number of ether oxygens (including phenoxy) is 1. The van der Waals surface area contributed by atoms with Crippen LogP contribution < -0.4 is 4.74 Å². The van der Waals surface area contributed by atoms with Gasteiger partial charge in [-0.15, -0.1) is 0 Å². The molecule has 0 spiro atoms. The molecule has 0 aliphatic heterocycles. The number of benzene rings is 2. The SMILES string of the molecule is CCOc1ccc(-c2ccc(C/C=C/F)cc2)cc1. The van der Waals surface area contributed by atoms with Crippen LogP contribution in [-0.4, -0.2) is 6.61 Å². The predicted octanol–water partition coefficient (Wildman–Crippen LogP) is 4.78. The molecule has 0 saturated carbocycles. The Balaban J connectivity index is 2.12. The second-order valence-corrected chi connectivity index (χ2v) is 4.22. The monoisotopic (exact) mass is 256 g/mol. The Hall–Kier alpha value is -2.09. The van der Waals surface area contributed by atoms with Crippen molar-refractivity contribution in [3.8, 4) is 16.9 Å². The molecule has 0 heterocycles. The van der Waals surface area contributed by atoms with Crippen molar-refractivity contribution in [2.45, 2.75) is 13.3 Å². The van der Waals surface area contributed by atoms with E-state index in [9.17, 15) is 4.39 Å². The van der Waals surface area contributed by atoms with Gasteiger partial charge in [0.1, 0.15) is 5.75 Å². The third-order valence-corrected chi connectivity index (χ3v) is 2.90. The maximum Gasteiger partial charge on any atom is 0.119 e. The highest BCUT2D eigenvalue weighted by atomic mass is 19.1. The van der Waals surface area contributed by atoms with Gasteiger partial charge in [-0.2, -0.15) is 0 Å². The van der Waals surface area contributed by atoms with E-state index in [1.807, 2.05) is 43.3 Å². The molecular formula is C17H17FO. The molecule has 0 aliphatic rings. The number of allylic oxidation sites excluding steroid dienone is 1. The molecule has 0 amide bonds. The minimum atomic E-state index is 0.584. The van der Waals surface area contributed by atoms with Crippen LogP contribution in [0.4, 0.5) is 4.39 Å². The maximum atomic E-state index is 11.9. The Morgan fingerprint density at radius 2 is 1.53 bits per heavy atom. The second-order valence-electron chi connectivity index (χ2n) is 4.22. The quantitative estimate of drug-likeness (QED) is 0.748. The van der Waals surface area contributed by atoms with Crippen molar-refractivity contribution in [2.24, 2.45) is 0 Å². The summed E-state index contributed by atoms with van der Waals surface area (Å²) in [5, 5.41) is 0. The molecule has 0 aliphatic carbocycles. The van der Waals surface area contributed by atoms with Gasteiger partial charge in [-0.1, -0.05) is 42.5 Å². The van der Waals surface area contributed by atoms with Crippen molar-refractivity contribution < 1.29 is 9.13 Å². The third-order valence-electron chi connectivity index (χ3n) is 2.90. The summed E-state index contributed by atoms with van der Waals surface area (Å²) in [5.74, 6) is 0.885. The summed E-state index contributed by atoms with van der Waals surface area (Å²) in [6, 6.07) is 16.2. The van der Waals surface area contributed by atoms with Crippen molar-refractivity contribution >= 4 is 0 Å². The van der Waals surface area contributed by atoms with E-state index >= 15 is 0 Å². The first-order valence-electron chi connectivity index (χ1n) is 6.41. The third kappa shape index (κ3) is 3.68. The molecule has 0 fully saturated rings. The normalized spacial score (nSPS) is 10.8. The highest BCUT2D eigenvalue weighted by Gasteiger charge is 1.99. The molecule has 2 rings (SSSR count). The Morgan fingerprint density at radius 3 is 2.05 bits per heavy atom. The highest BCUT2D eigenvalue weighted by molar-refractivity contribution is 5.64. The topological polar surface area (TPSA) is 9.23 Å². The van der Waals surface area contributed by atoms with E-state index in [1.165, 1.54) is 6.08 Å². The van der Waals surface area contributed by atoms with E-state index in [0.29, 0.717) is 19.4 Å². The Bertz CT molecular complexity index is 526. The molecular weight excluding hydrogens is 239 g/mol. The molecule has 0 saturated heterocycles. The first-order chi connectivity index (χ1) is 9.33. The van der Waals surface area contributed by atoms with Crippen LogP contribution in [0.1, 0.15) is 12.5 Å². The minimum absolute atomic E-state index is 0.584. The van der Waals surface area contributed by atoms with Crippen LogP contribution in [0.2, 0.25) is 0 Å². The van der Waals surface area contributed by atoms with E-state index in [0.717, 1.165) is 22.4 Å². The minimum Gasteiger partial charge on any atom is -0.494 e. The molecule has 98 valence electrons. The fourth-order valence-corrected chi connectivity index (χ4v) is 1.92. The van der Waals surface area contributed by atoms with Crippen molar-refractivity contribution in [1.82, 2.24) is 0 Å². The Kier molecular flexibility index (Phi) is 4.73. The van der Waals surface area contributed by atoms with Gasteiger partial charge in [-0.25, -0.2) is 4.39 Å². The van der Waals surface area contributed by atoms with Gasteiger partial charge < -0.3 is 4.74 Å². The van der Waals surface area contributed by atoms with E-state index < -0.39 is 0 Å². The van der Waals surface area contributed by atoms with E-state index in [-0.39, 0.29) is 0 Å². The van der Waals surface area contributed by atoms with Crippen molar-refractivity contribution in [3.63, 3.8) is 0 Å². The summed E-state index contributed by atoms with van der Waals surface area (Å²) in [5.41, 5.74) is 3.40. The van der Waals surface area contributed by atoms with Gasteiger partial charge in [-0.3, -0.25) is 0 Å². The second kappa shape index (κ2) is 6.74. The highest BCUT2D eigenvalue weighted by Crippen LogP contribution is 2.23. The molecule has 0 aromatic heterocycles. The van der Waals surface area contributed by atoms with E-state index in [2.05, 4.69) is 12.1 Å². The number of rotatable bonds is 5. The molecule has 2 aromatic rings. The van der Waals surface area contributed by atoms with Crippen LogP contribution in [0.15, 0.2) is 60.9 Å². The van der Waals surface area contributed by atoms with Gasteiger partial charge in [0.2, 0.25) is 0 Å². The molecule has 0 radical (unpaired) electrons. The summed E-state index contributed by atoms with van der Waals surface area (Å²) in [6.07, 6.45) is 2.71. The molecule has 0 bridgehead atoms. The molecule has 19 heavy (non-hydrogen) atoms. The predicted molar refractivity (Wildman–Crippen MR) is 77.0 cm³/mol. The van der Waals surface area contributed by atoms with Gasteiger partial charge >= 0.3 is 0 Å². The smallest absolute Gasteiger partial charge is 0.119 e. The summed E-state index contributed by atoms with van der Waals surface area (Å²) >= 11 is 0. The number of halogens is 1. The van der Waals surface area contributed by atoms with Crippen LogP contribution in [0.5, 0.6) is 5.75 Å². The summed E-state index contributed by atoms with van der Waals surface area (Å²) < 4.78 is 17.3. The zero-order valence-electron chi connectivity index (χ0n) is 11.0. The Morgan fingerprint density at radius 1 is 0.947 bits per heavy atom. The van der Waals surface area contributed by atoms with Crippen LogP contribution in [-0.2, 0) is 6.42 Å². The first-order valence-corrected chi connectivity index (χ1v) is 6.41. The zero-order valence-corrected chi connectivity index (χ0v) is 11.0. The molecule has 0 atom stereocenters. The molecule has 0 N–H and O–H groups in total. The molecule has 1 nitrogen and oxygen atoms in total. The average Bonchev–Trinajstić information content (AvgIpc) is 2.47. The lowest BCUT2D eigenvalue weighted by molar-refractivity contribution is 0.340. The molecule has 0 unspecified atom stereocenters. The number of hydrogen-bond donors (Lipinski definition) is 0. The largest absolute Gasteiger partial charge is 0.494 e. The summed E-state index contributed by atoms with van der Waals surface area (Å²) in [6.45, 7) is 2.65. The van der Waals surface area contributed by atoms with Crippen LogP contribution in [0, 0.1) is 0 Å². The molecule has 2 heteroatoms. The fourth-order valence-electron chi connectivity index (χ4n) is 1.92. The van der Waals surface area contributed by atoms with Gasteiger partial charge in [0.15, 0.2) is 0 Å². The Labute approximate surface area is 113 Å². The van der Waals surface area contributed by atoms with E-state index in [1.54, 1.807) is 0 Å². The number of hydrogen-bond acceptors (Lipinski definition) is 1. The summed E-state index contributed by atoms with van der Waals surface area (Å²) in [4.78, 5) is 0. The van der Waals surface area contributed by atoms with Gasteiger partial charge in [0.25, 0.3) is 0 Å². The zero-order chi connectivity index (χ0) is 13.5. The standard InChI is InChI=1S/C17H17FO/c1-2-19-17-11-9-16(10-12-17)15-7-5-14(6-8-15)4-3-13-18/h3,5-13H,2,4H2,1H3/b13-3+. The van der Waals surface area contributed by atoms with Gasteiger partial charge in [0.05, 0.1) is 12.9 Å². The van der Waals surface area contributed by atoms with Crippen LogP contribution in [0.3, 0.4) is 0 Å². The van der Waals surface area contributed by atoms with Crippen molar-refractivity contribution in [3.05, 3.63) is 66.5 Å². The molecule has 2 aromatic carbocycles. The summed E-state index contributed by atoms with van der Waals surface area (Å²) in [7, 11) is 0. The van der Waals surface area contributed by atoms with Gasteiger partial charge in [0, 0.05) is 0 Å². The van der Waals surface area contributed by atoms with Crippen molar-refractivity contribution in [2.75, 3.05) is 6.61 Å². The van der Waals surface area contributed by atoms with Crippen LogP contribution >= 0.6 is 0 Å². The first kappa shape index (κ1) is 13.3. The fraction of sp³-hybridized carbons (Fsp3) is 0.176. The van der Waals surface area contributed by atoms with E-state index in [4.69, 9.17) is 4.74 Å². The van der Waals surface area contributed by atoms with Crippen molar-refractivity contribution in [1.29, 1.82) is 0 Å². The average molecular weight is 256 g/mol. The van der Waals surface area contributed by atoms with Gasteiger partial charge in [-0.05, 0) is 42.2 Å². The van der Waals surface area contributed by atoms with Crippen LogP contribution in [0.25, 0.3) is 11.1 Å². The lowest BCUT2D eigenvalue weighted by atomic mass is 10.0. The maximum absolute atomic E-state index is 11.9.